The number of nitrogens with zero attached hydrogens (tertiary/aromatic N) is 1. The van der Waals surface area contributed by atoms with Crippen molar-refractivity contribution in [3.63, 3.8) is 0 Å². The van der Waals surface area contributed by atoms with Crippen LogP contribution in [0.1, 0.15) is 34.1 Å². The Hall–Kier alpha value is -0.0400. The molecule has 62 valence electrons. The van der Waals surface area contributed by atoms with E-state index in [0.29, 0.717) is 0 Å². The highest BCUT2D eigenvalue weighted by Crippen LogP contribution is 2.16. The summed E-state index contributed by atoms with van der Waals surface area (Å²) in [6.07, 6.45) is 1.37. The van der Waals surface area contributed by atoms with Gasteiger partial charge in [0.05, 0.1) is 0 Å². The van der Waals surface area contributed by atoms with Crippen LogP contribution in [0.5, 0.6) is 0 Å². The zero-order valence-corrected chi connectivity index (χ0v) is 7.85. The molecule has 1 aliphatic heterocycles. The second kappa shape index (κ2) is 5.72. The molecule has 0 saturated carbocycles. The Bertz CT molecular complexity index is 57.1. The van der Waals surface area contributed by atoms with Gasteiger partial charge in [0, 0.05) is 13.1 Å². The maximum Gasteiger partial charge on any atom is 0.00218 e. The topological polar surface area (TPSA) is 3.24 Å². The molecule has 0 aliphatic carbocycles. The van der Waals surface area contributed by atoms with E-state index in [1.807, 2.05) is 13.8 Å². The first kappa shape index (κ1) is 9.96. The fourth-order valence-corrected chi connectivity index (χ4v) is 1.19. The number of rotatable bonds is 2. The van der Waals surface area contributed by atoms with Crippen LogP contribution in [-0.4, -0.2) is 24.5 Å². The molecule has 10 heavy (non-hydrogen) atoms. The van der Waals surface area contributed by atoms with Crippen molar-refractivity contribution in [1.82, 2.24) is 4.90 Å². The highest BCUT2D eigenvalue weighted by molar-refractivity contribution is 4.76. The summed E-state index contributed by atoms with van der Waals surface area (Å²) in [4.78, 5) is 2.48. The SMILES string of the molecule is CC.CCC1CN(CC)C1. The quantitative estimate of drug-likeness (QED) is 0.573. The van der Waals surface area contributed by atoms with Gasteiger partial charge in [0.15, 0.2) is 0 Å². The molecule has 0 aromatic heterocycles. The third-order valence-electron chi connectivity index (χ3n) is 2.06. The third-order valence-corrected chi connectivity index (χ3v) is 2.06. The maximum atomic E-state index is 2.48. The molecule has 1 nitrogen and oxygen atoms in total. The van der Waals surface area contributed by atoms with E-state index in [2.05, 4.69) is 18.7 Å². The minimum Gasteiger partial charge on any atom is -0.303 e. The van der Waals surface area contributed by atoms with Crippen LogP contribution in [0.3, 0.4) is 0 Å². The largest absolute Gasteiger partial charge is 0.303 e. The highest BCUT2D eigenvalue weighted by atomic mass is 15.2. The van der Waals surface area contributed by atoms with E-state index < -0.39 is 0 Å². The lowest BCUT2D eigenvalue weighted by Gasteiger charge is -2.37. The van der Waals surface area contributed by atoms with E-state index in [-0.39, 0.29) is 0 Å². The molecule has 0 radical (unpaired) electrons. The molecular formula is C9H21N. The summed E-state index contributed by atoms with van der Waals surface area (Å²) in [5, 5.41) is 0. The summed E-state index contributed by atoms with van der Waals surface area (Å²) >= 11 is 0. The van der Waals surface area contributed by atoms with Gasteiger partial charge in [-0.05, 0) is 12.5 Å². The summed E-state index contributed by atoms with van der Waals surface area (Å²) in [5.74, 6) is 1.02. The minimum atomic E-state index is 1.02. The molecule has 1 rings (SSSR count). The highest BCUT2D eigenvalue weighted by Gasteiger charge is 2.22. The van der Waals surface area contributed by atoms with E-state index in [0.717, 1.165) is 5.92 Å². The van der Waals surface area contributed by atoms with Crippen LogP contribution >= 0.6 is 0 Å². The summed E-state index contributed by atoms with van der Waals surface area (Å²) < 4.78 is 0. The molecule has 0 unspecified atom stereocenters. The Balaban J connectivity index is 0.000000371. The first-order valence-electron chi connectivity index (χ1n) is 4.59. The second-order valence-corrected chi connectivity index (χ2v) is 2.63. The van der Waals surface area contributed by atoms with Gasteiger partial charge < -0.3 is 4.90 Å². The Labute approximate surface area is 65.4 Å². The van der Waals surface area contributed by atoms with Crippen molar-refractivity contribution in [2.24, 2.45) is 5.92 Å². The van der Waals surface area contributed by atoms with E-state index in [4.69, 9.17) is 0 Å². The van der Waals surface area contributed by atoms with Gasteiger partial charge in [-0.1, -0.05) is 34.1 Å². The molecule has 1 aliphatic rings. The first-order chi connectivity index (χ1) is 4.86. The van der Waals surface area contributed by atoms with Crippen molar-refractivity contribution in [1.29, 1.82) is 0 Å². The molecule has 1 fully saturated rings. The average molecular weight is 143 g/mol. The smallest absolute Gasteiger partial charge is 0.00218 e. The van der Waals surface area contributed by atoms with Crippen LogP contribution in [-0.2, 0) is 0 Å². The Kier molecular flexibility index (Phi) is 5.70. The molecule has 1 saturated heterocycles. The molecule has 0 spiro atoms. The minimum absolute atomic E-state index is 1.02. The summed E-state index contributed by atoms with van der Waals surface area (Å²) in [6, 6.07) is 0. The van der Waals surface area contributed by atoms with Crippen molar-refractivity contribution >= 4 is 0 Å². The molecule has 0 N–H and O–H groups in total. The molecule has 0 bridgehead atoms. The Morgan fingerprint density at radius 1 is 1.20 bits per heavy atom. The number of likely N-dealkylation sites (tertiary alicyclic amines) is 1. The maximum absolute atomic E-state index is 2.48. The molecular weight excluding hydrogens is 122 g/mol. The van der Waals surface area contributed by atoms with Gasteiger partial charge >= 0.3 is 0 Å². The van der Waals surface area contributed by atoms with E-state index in [1.165, 1.54) is 26.1 Å². The van der Waals surface area contributed by atoms with E-state index >= 15 is 0 Å². The van der Waals surface area contributed by atoms with Gasteiger partial charge in [-0.3, -0.25) is 0 Å². The molecule has 0 amide bonds. The summed E-state index contributed by atoms with van der Waals surface area (Å²) in [5.41, 5.74) is 0. The van der Waals surface area contributed by atoms with Crippen LogP contribution in [0.2, 0.25) is 0 Å². The predicted octanol–water partition coefficient (Wildman–Crippen LogP) is 2.37. The van der Waals surface area contributed by atoms with Crippen LogP contribution < -0.4 is 0 Å². The molecule has 1 heterocycles. The van der Waals surface area contributed by atoms with Crippen molar-refractivity contribution < 1.29 is 0 Å². The average Bonchev–Trinajstić information content (AvgIpc) is 1.91. The van der Waals surface area contributed by atoms with Crippen LogP contribution in [0, 0.1) is 5.92 Å². The van der Waals surface area contributed by atoms with Gasteiger partial charge in [-0.25, -0.2) is 0 Å². The molecule has 0 atom stereocenters. The standard InChI is InChI=1S/C7H15N.C2H6/c1-3-7-5-8(4-2)6-7;1-2/h7H,3-6H2,1-2H3;1-2H3. The van der Waals surface area contributed by atoms with Crippen molar-refractivity contribution in [3.05, 3.63) is 0 Å². The number of hydrogen-bond donors (Lipinski definition) is 0. The van der Waals surface area contributed by atoms with Gasteiger partial charge in [0.2, 0.25) is 0 Å². The fourth-order valence-electron chi connectivity index (χ4n) is 1.19. The lowest BCUT2D eigenvalue weighted by atomic mass is 9.98. The first-order valence-corrected chi connectivity index (χ1v) is 4.59. The van der Waals surface area contributed by atoms with Crippen LogP contribution in [0.4, 0.5) is 0 Å². The summed E-state index contributed by atoms with van der Waals surface area (Å²) in [6.45, 7) is 12.5. The zero-order valence-electron chi connectivity index (χ0n) is 7.85. The molecule has 0 aromatic rings. The Morgan fingerprint density at radius 2 is 1.70 bits per heavy atom. The lowest BCUT2D eigenvalue weighted by molar-refractivity contribution is 0.105. The van der Waals surface area contributed by atoms with Crippen molar-refractivity contribution in [2.45, 2.75) is 34.1 Å². The monoisotopic (exact) mass is 143 g/mol. The fraction of sp³-hybridized carbons (Fsp3) is 1.00. The molecule has 1 heteroatoms. The normalized spacial score (nSPS) is 19.2. The molecule has 0 aromatic carbocycles. The van der Waals surface area contributed by atoms with Gasteiger partial charge in [-0.2, -0.15) is 0 Å². The van der Waals surface area contributed by atoms with E-state index in [1.54, 1.807) is 0 Å². The lowest BCUT2D eigenvalue weighted by Crippen LogP contribution is -2.45. The van der Waals surface area contributed by atoms with Gasteiger partial charge in [0.1, 0.15) is 0 Å². The second-order valence-electron chi connectivity index (χ2n) is 2.63. The number of hydrogen-bond acceptors (Lipinski definition) is 1. The van der Waals surface area contributed by atoms with Crippen LogP contribution in [0.15, 0.2) is 0 Å². The van der Waals surface area contributed by atoms with Crippen LogP contribution in [0.25, 0.3) is 0 Å². The summed E-state index contributed by atoms with van der Waals surface area (Å²) in [7, 11) is 0. The third kappa shape index (κ3) is 2.70. The van der Waals surface area contributed by atoms with E-state index in [9.17, 15) is 0 Å². The van der Waals surface area contributed by atoms with Crippen molar-refractivity contribution in [2.75, 3.05) is 19.6 Å². The van der Waals surface area contributed by atoms with Crippen molar-refractivity contribution in [3.8, 4) is 0 Å². The van der Waals surface area contributed by atoms with Gasteiger partial charge in [-0.15, -0.1) is 0 Å². The van der Waals surface area contributed by atoms with Gasteiger partial charge in [0.25, 0.3) is 0 Å². The zero-order chi connectivity index (χ0) is 7.98. The Morgan fingerprint density at radius 3 is 2.00 bits per heavy atom. The predicted molar refractivity (Wildman–Crippen MR) is 47.2 cm³/mol.